The first-order valence-corrected chi connectivity index (χ1v) is 31.6. The highest BCUT2D eigenvalue weighted by Gasteiger charge is 2.29. The van der Waals surface area contributed by atoms with Crippen LogP contribution in [-0.4, -0.2) is 290 Å². The Morgan fingerprint density at radius 1 is 0.430 bits per heavy atom. The number of allylic oxidation sites excluding steroid dienone is 1. The van der Waals surface area contributed by atoms with Crippen molar-refractivity contribution in [1.29, 1.82) is 0 Å². The quantitative estimate of drug-likeness (QED) is 0.263. The van der Waals surface area contributed by atoms with Crippen molar-refractivity contribution in [2.75, 3.05) is 214 Å². The second kappa shape index (κ2) is 44.6. The fourth-order valence-corrected chi connectivity index (χ4v) is 10.7. The van der Waals surface area contributed by atoms with Crippen molar-refractivity contribution in [1.82, 2.24) is 79.9 Å². The zero-order chi connectivity index (χ0) is 57.1. The lowest BCUT2D eigenvalue weighted by Crippen LogP contribution is -2.53. The summed E-state index contributed by atoms with van der Waals surface area (Å²) in [6.07, 6.45) is 40.3. The lowest BCUT2D eigenvalue weighted by atomic mass is 10.00. The summed E-state index contributed by atoms with van der Waals surface area (Å²) in [5.74, 6) is 2.37. The highest BCUT2D eigenvalue weighted by Crippen LogP contribution is 2.21. The molecule has 5 fully saturated rings. The molecule has 3 N–H and O–H groups in total. The fourth-order valence-electron chi connectivity index (χ4n) is 9.20. The molecule has 0 radical (unpaired) electrons. The van der Waals surface area contributed by atoms with Gasteiger partial charge in [-0.1, -0.05) is 18.6 Å². The molecule has 13 aliphatic heterocycles. The van der Waals surface area contributed by atoms with Crippen LogP contribution in [0.15, 0.2) is 97.5 Å². The molecule has 2 atom stereocenters. The molecule has 0 saturated carbocycles. The third-order valence-corrected chi connectivity index (χ3v) is 15.9. The number of nitrogens with zero attached hydrogens (tertiary/aromatic N) is 13. The highest BCUT2D eigenvalue weighted by molar-refractivity contribution is 8.02. The predicted molar refractivity (Wildman–Crippen MR) is 340 cm³/mol. The van der Waals surface area contributed by atoms with Crippen LogP contribution in [-0.2, 0) is 9.47 Å². The maximum Gasteiger partial charge on any atom is 0.160 e. The third kappa shape index (κ3) is 36.9. The van der Waals surface area contributed by atoms with Crippen LogP contribution in [0, 0.1) is 0 Å². The molecule has 13 heterocycles. The summed E-state index contributed by atoms with van der Waals surface area (Å²) in [4.78, 5) is 27.2. The van der Waals surface area contributed by atoms with E-state index < -0.39 is 0 Å². The number of rotatable bonds is 0. The van der Waals surface area contributed by atoms with Crippen LogP contribution in [0.4, 0.5) is 0 Å². The van der Waals surface area contributed by atoms with Crippen molar-refractivity contribution < 1.29 is 9.47 Å². The third-order valence-electron chi connectivity index (χ3n) is 14.3. The molecule has 0 aromatic rings. The van der Waals surface area contributed by atoms with Gasteiger partial charge in [0.15, 0.2) is 6.73 Å². The average Bonchev–Trinajstić information content (AvgIpc) is 4.36. The summed E-state index contributed by atoms with van der Waals surface area (Å²) in [6.45, 7) is 22.2. The molecule has 20 heteroatoms. The number of hydrazine groups is 1. The van der Waals surface area contributed by atoms with Gasteiger partial charge >= 0.3 is 0 Å². The van der Waals surface area contributed by atoms with Crippen molar-refractivity contribution in [2.24, 2.45) is 0 Å². The Balaban J connectivity index is 0.000000230. The minimum Gasteiger partial charge on any atom is -0.498 e. The Kier molecular flexibility index (Phi) is 39.1. The van der Waals surface area contributed by atoms with Crippen molar-refractivity contribution >= 4 is 23.5 Å². The van der Waals surface area contributed by atoms with Crippen LogP contribution in [0.3, 0.4) is 0 Å². The van der Waals surface area contributed by atoms with Gasteiger partial charge in [0.1, 0.15) is 12.9 Å². The van der Waals surface area contributed by atoms with Gasteiger partial charge in [0.2, 0.25) is 0 Å². The van der Waals surface area contributed by atoms with E-state index in [-0.39, 0.29) is 0 Å². The van der Waals surface area contributed by atoms with Crippen LogP contribution in [0.1, 0.15) is 57.8 Å². The van der Waals surface area contributed by atoms with Crippen LogP contribution in [0.5, 0.6) is 0 Å². The Bertz CT molecular complexity index is 1570. The summed E-state index contributed by atoms with van der Waals surface area (Å²) in [6, 6.07) is 1.79. The number of ether oxygens (including phenoxy) is 2. The number of hydrogen-bond acceptors (Lipinski definition) is 20. The zero-order valence-electron chi connectivity index (χ0n) is 51.6. The van der Waals surface area contributed by atoms with E-state index in [1.807, 2.05) is 86.8 Å². The van der Waals surface area contributed by atoms with E-state index in [2.05, 4.69) is 179 Å². The summed E-state index contributed by atoms with van der Waals surface area (Å²) < 4.78 is 9.72. The molecule has 2 unspecified atom stereocenters. The van der Waals surface area contributed by atoms with Gasteiger partial charge in [0.05, 0.1) is 25.4 Å². The first-order valence-electron chi connectivity index (χ1n) is 29.5. The fraction of sp³-hybridized carbons (Fsp3) is 0.729. The van der Waals surface area contributed by atoms with Crippen molar-refractivity contribution in [3.63, 3.8) is 0 Å². The van der Waals surface area contributed by atoms with E-state index >= 15 is 0 Å². The average molecular weight is 1140 g/mol. The van der Waals surface area contributed by atoms with Crippen LogP contribution < -0.4 is 16.1 Å². The molecule has 0 spiro atoms. The minimum absolute atomic E-state index is 0.708. The normalized spacial score (nSPS) is 24.3. The van der Waals surface area contributed by atoms with Gasteiger partial charge in [-0.3, -0.25) is 15.2 Å². The molecule has 0 aliphatic carbocycles. The van der Waals surface area contributed by atoms with E-state index in [9.17, 15) is 0 Å². The number of fused-ring (bicyclic) bond motifs is 2. The van der Waals surface area contributed by atoms with E-state index in [1.54, 1.807) is 12.5 Å². The molecule has 454 valence electrons. The van der Waals surface area contributed by atoms with E-state index in [0.29, 0.717) is 6.73 Å². The molecular formula is C59H114N16O2S2. The molecule has 0 bridgehead atoms. The molecule has 0 aromatic carbocycles. The number of hydrogen-bond donors (Lipinski definition) is 3. The van der Waals surface area contributed by atoms with Gasteiger partial charge < -0.3 is 69.1 Å². The van der Waals surface area contributed by atoms with Gasteiger partial charge in [-0.2, -0.15) is 0 Å². The van der Waals surface area contributed by atoms with Crippen LogP contribution in [0.25, 0.3) is 0 Å². The molecule has 13 aliphatic rings. The standard InChI is InChI=1S/C9H18N2.C8H16N2.C6H11N.C5H10N2.C5H9NO.C5H9NS.C5H9N.C4H8N2.C4H10N2.C4H7NO.C4H7NS/c1-10-6-7-11-5-3-2-4-9(11)8-10;1-9-5-6-10-4-2-3-8(10)7-9;1-7-5-3-2-4-6-7;1-7-4-2-6-3-5-7;2*1-6-2-4-7-5-3-6;1-6-4-2-3-5-6;1-6-3-2-5-4-6;1-6-4-2-3-5-6;2*1-5-2-3-6-4-5/h9H,2-8H2,1H3;8H,2-7H2,1H3;3,5H,2,4,6H2,1H3;2,4,6H,3,5H2,1H3;2*2,4H,3,5H2,1H3;2,4H,3,5H2,1H3;2-3,5H,4H2,1H3;5H,2-4H2,1H3;2*2-3H,4H2,1H3. The van der Waals surface area contributed by atoms with Crippen molar-refractivity contribution in [3.8, 4) is 0 Å². The molecule has 0 aromatic heterocycles. The van der Waals surface area contributed by atoms with Gasteiger partial charge in [-0.25, -0.2) is 5.01 Å². The van der Waals surface area contributed by atoms with Crippen LogP contribution >= 0.6 is 23.5 Å². The monoisotopic (exact) mass is 1140 g/mol. The molecule has 18 nitrogen and oxygen atoms in total. The van der Waals surface area contributed by atoms with Gasteiger partial charge in [0, 0.05) is 216 Å². The Morgan fingerprint density at radius 3 is 1.37 bits per heavy atom. The Labute approximate surface area is 491 Å². The maximum atomic E-state index is 4.92. The van der Waals surface area contributed by atoms with E-state index in [0.717, 1.165) is 57.4 Å². The summed E-state index contributed by atoms with van der Waals surface area (Å²) in [5.41, 5.74) is 3.15. The SMILES string of the molecule is CN1C=CCC1.CN1C=CCCC1.CN1C=CNC1.CN1C=CNCC1.CN1C=COC1.CN1C=COCC1.CN1C=CSC1.CN1C=CSCC1.CN1CCCN1.CN1CCN2CCCC2C1.CN1CCN2CCCCC2C1. The summed E-state index contributed by atoms with van der Waals surface area (Å²) in [7, 11) is 23.0. The first-order chi connectivity index (χ1) is 38.3. The number of thioether (sulfide) groups is 2. The molecule has 79 heavy (non-hydrogen) atoms. The highest BCUT2D eigenvalue weighted by atomic mass is 32.2. The lowest BCUT2D eigenvalue weighted by molar-refractivity contribution is 0.0623. The smallest absolute Gasteiger partial charge is 0.160 e. The Morgan fingerprint density at radius 2 is 1.04 bits per heavy atom. The number of piperazine rings is 2. The number of nitrogens with one attached hydrogen (secondary N) is 3. The topological polar surface area (TPSA) is 96.7 Å². The zero-order valence-corrected chi connectivity index (χ0v) is 53.2. The first kappa shape index (κ1) is 69.2. The minimum atomic E-state index is 0.708. The van der Waals surface area contributed by atoms with E-state index in [1.165, 1.54) is 142 Å². The van der Waals surface area contributed by atoms with Crippen LogP contribution in [0.2, 0.25) is 0 Å². The lowest BCUT2D eigenvalue weighted by Gasteiger charge is -2.42. The molecule has 13 rings (SSSR count). The van der Waals surface area contributed by atoms with E-state index in [4.69, 9.17) is 9.47 Å². The Hall–Kier alpha value is -4.02. The molecule has 5 saturated heterocycles. The second-order valence-corrected chi connectivity index (χ2v) is 23.9. The van der Waals surface area contributed by atoms with Gasteiger partial charge in [0.25, 0.3) is 0 Å². The van der Waals surface area contributed by atoms with Crippen molar-refractivity contribution in [3.05, 3.63) is 97.5 Å². The number of piperidine rings is 1. The maximum absolute atomic E-state index is 4.92. The second-order valence-electron chi connectivity index (χ2n) is 22.0. The van der Waals surface area contributed by atoms with Gasteiger partial charge in [-0.15, -0.1) is 23.5 Å². The summed E-state index contributed by atoms with van der Waals surface area (Å²) in [5, 5.41) is 12.4. The molecule has 0 amide bonds. The largest absolute Gasteiger partial charge is 0.498 e. The van der Waals surface area contributed by atoms with Crippen molar-refractivity contribution in [2.45, 2.75) is 69.9 Å². The predicted octanol–water partition coefficient (Wildman–Crippen LogP) is 6.04. The summed E-state index contributed by atoms with van der Waals surface area (Å²) >= 11 is 3.70. The molecular weight excluding hydrogens is 1030 g/mol. The van der Waals surface area contributed by atoms with Gasteiger partial charge in [-0.05, 0) is 102 Å². The number of likely N-dealkylation sites (N-methyl/N-ethyl adjacent to an activating group) is 4.